The van der Waals surface area contributed by atoms with Gasteiger partial charge >= 0.3 is 5.97 Å². The number of hydrogen-bond acceptors (Lipinski definition) is 4. The SMILES string of the molecule is O=C(O)c1cc(SCCCCO)cs1. The van der Waals surface area contributed by atoms with Crippen LogP contribution in [0.5, 0.6) is 0 Å². The summed E-state index contributed by atoms with van der Waals surface area (Å²) in [5.41, 5.74) is 0. The van der Waals surface area contributed by atoms with Gasteiger partial charge in [0.15, 0.2) is 0 Å². The first kappa shape index (κ1) is 11.6. The van der Waals surface area contributed by atoms with E-state index in [2.05, 4.69) is 0 Å². The van der Waals surface area contributed by atoms with E-state index in [0.29, 0.717) is 4.88 Å². The average molecular weight is 232 g/mol. The Morgan fingerprint density at radius 1 is 1.50 bits per heavy atom. The number of unbranched alkanes of at least 4 members (excludes halogenated alkanes) is 1. The van der Waals surface area contributed by atoms with Crippen LogP contribution in [0.3, 0.4) is 0 Å². The molecule has 0 unspecified atom stereocenters. The Bertz CT molecular complexity index is 296. The fraction of sp³-hybridized carbons (Fsp3) is 0.444. The molecule has 0 spiro atoms. The van der Waals surface area contributed by atoms with Gasteiger partial charge in [0.05, 0.1) is 0 Å². The summed E-state index contributed by atoms with van der Waals surface area (Å²) in [5, 5.41) is 19.1. The molecule has 0 bridgehead atoms. The lowest BCUT2D eigenvalue weighted by Gasteiger charge is -1.96. The van der Waals surface area contributed by atoms with Crippen molar-refractivity contribution in [3.63, 3.8) is 0 Å². The molecule has 14 heavy (non-hydrogen) atoms. The zero-order valence-corrected chi connectivity index (χ0v) is 9.24. The molecule has 5 heteroatoms. The van der Waals surface area contributed by atoms with Crippen molar-refractivity contribution < 1.29 is 15.0 Å². The minimum atomic E-state index is -0.864. The lowest BCUT2D eigenvalue weighted by Crippen LogP contribution is -1.90. The van der Waals surface area contributed by atoms with Gasteiger partial charge in [-0.05, 0) is 24.7 Å². The fourth-order valence-corrected chi connectivity index (χ4v) is 2.79. The third-order valence-corrected chi connectivity index (χ3v) is 3.74. The monoisotopic (exact) mass is 232 g/mol. The van der Waals surface area contributed by atoms with E-state index in [-0.39, 0.29) is 6.61 Å². The summed E-state index contributed by atoms with van der Waals surface area (Å²) < 4.78 is 0. The minimum absolute atomic E-state index is 0.227. The van der Waals surface area contributed by atoms with E-state index >= 15 is 0 Å². The van der Waals surface area contributed by atoms with Gasteiger partial charge < -0.3 is 10.2 Å². The molecule has 3 nitrogen and oxygen atoms in total. The van der Waals surface area contributed by atoms with Crippen LogP contribution in [0.15, 0.2) is 16.3 Å². The van der Waals surface area contributed by atoms with E-state index in [0.717, 1.165) is 23.5 Å². The lowest BCUT2D eigenvalue weighted by atomic mass is 10.4. The first-order chi connectivity index (χ1) is 6.74. The molecule has 0 fully saturated rings. The molecule has 0 aromatic carbocycles. The quantitative estimate of drug-likeness (QED) is 0.583. The van der Waals surface area contributed by atoms with Gasteiger partial charge in [-0.25, -0.2) is 4.79 Å². The highest BCUT2D eigenvalue weighted by Crippen LogP contribution is 2.25. The summed E-state index contributed by atoms with van der Waals surface area (Å²) in [6.07, 6.45) is 1.77. The second-order valence-corrected chi connectivity index (χ2v) is 4.81. The molecule has 1 aromatic rings. The van der Waals surface area contributed by atoms with Crippen molar-refractivity contribution in [2.75, 3.05) is 12.4 Å². The molecule has 0 radical (unpaired) electrons. The normalized spacial score (nSPS) is 10.4. The molecule has 0 saturated heterocycles. The van der Waals surface area contributed by atoms with Crippen LogP contribution < -0.4 is 0 Å². The molecule has 0 atom stereocenters. The maximum atomic E-state index is 10.6. The van der Waals surface area contributed by atoms with Crippen LogP contribution in [0.25, 0.3) is 0 Å². The molecule has 0 saturated carbocycles. The number of carbonyl (C=O) groups is 1. The van der Waals surface area contributed by atoms with Crippen molar-refractivity contribution in [3.05, 3.63) is 16.3 Å². The van der Waals surface area contributed by atoms with Gasteiger partial charge in [0.25, 0.3) is 0 Å². The van der Waals surface area contributed by atoms with Crippen LogP contribution in [0.1, 0.15) is 22.5 Å². The van der Waals surface area contributed by atoms with Gasteiger partial charge in [-0.15, -0.1) is 23.1 Å². The highest BCUT2D eigenvalue weighted by atomic mass is 32.2. The van der Waals surface area contributed by atoms with E-state index in [1.54, 1.807) is 17.8 Å². The van der Waals surface area contributed by atoms with Gasteiger partial charge in [-0.2, -0.15) is 0 Å². The van der Waals surface area contributed by atoms with E-state index in [4.69, 9.17) is 10.2 Å². The molecule has 78 valence electrons. The standard InChI is InChI=1S/C9H12O3S2/c10-3-1-2-4-13-7-5-8(9(11)12)14-6-7/h5-6,10H,1-4H2,(H,11,12). The summed E-state index contributed by atoms with van der Waals surface area (Å²) in [7, 11) is 0. The molecule has 0 amide bonds. The summed E-state index contributed by atoms with van der Waals surface area (Å²) in [4.78, 5) is 11.9. The van der Waals surface area contributed by atoms with Crippen LogP contribution in [-0.4, -0.2) is 28.5 Å². The predicted molar refractivity (Wildman–Crippen MR) is 58.3 cm³/mol. The second kappa shape index (κ2) is 6.06. The number of aliphatic hydroxyl groups excluding tert-OH is 1. The Kier molecular flexibility index (Phi) is 5.00. The Morgan fingerprint density at radius 3 is 2.86 bits per heavy atom. The van der Waals surface area contributed by atoms with Crippen molar-refractivity contribution in [1.29, 1.82) is 0 Å². The minimum Gasteiger partial charge on any atom is -0.477 e. The zero-order chi connectivity index (χ0) is 10.4. The molecule has 0 aliphatic carbocycles. The molecule has 1 rings (SSSR count). The molecule has 1 aromatic heterocycles. The summed E-state index contributed by atoms with van der Waals surface area (Å²) >= 11 is 2.89. The number of rotatable bonds is 6. The molecular formula is C9H12O3S2. The molecular weight excluding hydrogens is 220 g/mol. The second-order valence-electron chi connectivity index (χ2n) is 2.73. The summed E-state index contributed by atoms with van der Waals surface area (Å²) in [5.74, 6) is 0.0632. The van der Waals surface area contributed by atoms with Gasteiger partial charge in [-0.3, -0.25) is 0 Å². The third kappa shape index (κ3) is 3.69. The van der Waals surface area contributed by atoms with Gasteiger partial charge in [0, 0.05) is 16.9 Å². The van der Waals surface area contributed by atoms with Crippen molar-refractivity contribution >= 4 is 29.1 Å². The van der Waals surface area contributed by atoms with Crippen LogP contribution in [-0.2, 0) is 0 Å². The van der Waals surface area contributed by atoms with Gasteiger partial charge in [0.2, 0.25) is 0 Å². The van der Waals surface area contributed by atoms with Crippen LogP contribution in [0.2, 0.25) is 0 Å². The highest BCUT2D eigenvalue weighted by molar-refractivity contribution is 7.99. The Balaban J connectivity index is 2.33. The number of carboxylic acids is 1. The van der Waals surface area contributed by atoms with E-state index < -0.39 is 5.97 Å². The van der Waals surface area contributed by atoms with Crippen LogP contribution in [0, 0.1) is 0 Å². The Hall–Kier alpha value is -0.520. The van der Waals surface area contributed by atoms with Crippen LogP contribution in [0.4, 0.5) is 0 Å². The van der Waals surface area contributed by atoms with Gasteiger partial charge in [-0.1, -0.05) is 0 Å². The maximum absolute atomic E-state index is 10.6. The Morgan fingerprint density at radius 2 is 2.29 bits per heavy atom. The third-order valence-electron chi connectivity index (χ3n) is 1.61. The molecule has 2 N–H and O–H groups in total. The Labute approximate surface area is 90.8 Å². The number of aliphatic hydroxyl groups is 1. The largest absolute Gasteiger partial charge is 0.477 e. The number of carboxylic acid groups (broad SMARTS) is 1. The van der Waals surface area contributed by atoms with E-state index in [9.17, 15) is 4.79 Å². The van der Waals surface area contributed by atoms with Gasteiger partial charge in [0.1, 0.15) is 4.88 Å². The van der Waals surface area contributed by atoms with E-state index in [1.165, 1.54) is 11.3 Å². The fourth-order valence-electron chi connectivity index (χ4n) is 0.911. The molecule has 1 heterocycles. The zero-order valence-electron chi connectivity index (χ0n) is 7.60. The number of thioether (sulfide) groups is 1. The number of thiophene rings is 1. The first-order valence-corrected chi connectivity index (χ1v) is 6.16. The van der Waals surface area contributed by atoms with Crippen LogP contribution >= 0.6 is 23.1 Å². The smallest absolute Gasteiger partial charge is 0.345 e. The van der Waals surface area contributed by atoms with E-state index in [1.807, 2.05) is 5.38 Å². The number of hydrogen-bond donors (Lipinski definition) is 2. The molecule has 0 aliphatic rings. The lowest BCUT2D eigenvalue weighted by molar-refractivity contribution is 0.0702. The summed E-state index contributed by atoms with van der Waals surface area (Å²) in [6.45, 7) is 0.227. The topological polar surface area (TPSA) is 57.5 Å². The van der Waals surface area contributed by atoms with Crippen molar-refractivity contribution in [2.45, 2.75) is 17.7 Å². The van der Waals surface area contributed by atoms with Crippen molar-refractivity contribution in [2.24, 2.45) is 0 Å². The molecule has 0 aliphatic heterocycles. The number of aromatic carboxylic acids is 1. The average Bonchev–Trinajstić information content (AvgIpc) is 2.61. The highest BCUT2D eigenvalue weighted by Gasteiger charge is 2.06. The predicted octanol–water partition coefficient (Wildman–Crippen LogP) is 2.31. The van der Waals surface area contributed by atoms with Crippen molar-refractivity contribution in [3.8, 4) is 0 Å². The maximum Gasteiger partial charge on any atom is 0.345 e. The first-order valence-electron chi connectivity index (χ1n) is 4.29. The summed E-state index contributed by atoms with van der Waals surface area (Å²) in [6, 6.07) is 1.69. The van der Waals surface area contributed by atoms with Crippen molar-refractivity contribution in [1.82, 2.24) is 0 Å².